The Morgan fingerprint density at radius 1 is 1.00 bits per heavy atom. The predicted octanol–water partition coefficient (Wildman–Crippen LogP) is 5.49. The lowest BCUT2D eigenvalue weighted by Crippen LogP contribution is -2.13. The molecule has 3 aromatic carbocycles. The maximum atomic E-state index is 13.7. The molecule has 6 heteroatoms. The normalized spacial score (nSPS) is 10.8. The number of hydrogen-bond donors (Lipinski definition) is 1. The highest BCUT2D eigenvalue weighted by atomic mass is 32.1. The van der Waals surface area contributed by atoms with Gasteiger partial charge in [-0.05, 0) is 22.9 Å². The number of fused-ring (bicyclic) bond motifs is 1. The Morgan fingerprint density at radius 3 is 2.65 bits per heavy atom. The summed E-state index contributed by atoms with van der Waals surface area (Å²) in [5.41, 5.74) is 1.45. The Morgan fingerprint density at radius 2 is 1.81 bits per heavy atom. The molecule has 1 amide bonds. The molecule has 0 fully saturated rings. The second kappa shape index (κ2) is 6.65. The molecular formula is C20H12F2N2OS. The number of nitrogens with one attached hydrogen (secondary N) is 1. The number of aromatic nitrogens is 1. The van der Waals surface area contributed by atoms with Gasteiger partial charge in [0.1, 0.15) is 11.6 Å². The second-order valence-electron chi connectivity index (χ2n) is 5.64. The van der Waals surface area contributed by atoms with Gasteiger partial charge in [0.2, 0.25) is 0 Å². The summed E-state index contributed by atoms with van der Waals surface area (Å²) in [5.74, 6) is -2.30. The standard InChI is InChI=1S/C20H12F2N2OS/c21-13-8-9-16(17(22)10-13)19(25)24-20-23-18(11-26-20)15-7-3-5-12-4-1-2-6-14(12)15/h1-11H,(H,23,24,25). The lowest BCUT2D eigenvalue weighted by molar-refractivity contribution is 0.102. The third kappa shape index (κ3) is 3.07. The molecule has 128 valence electrons. The quantitative estimate of drug-likeness (QED) is 0.521. The Labute approximate surface area is 151 Å². The number of benzene rings is 3. The van der Waals surface area contributed by atoms with E-state index in [0.717, 1.165) is 34.2 Å². The molecule has 3 nitrogen and oxygen atoms in total. The largest absolute Gasteiger partial charge is 0.298 e. The lowest BCUT2D eigenvalue weighted by Gasteiger charge is -2.04. The van der Waals surface area contributed by atoms with E-state index in [1.807, 2.05) is 47.8 Å². The highest BCUT2D eigenvalue weighted by molar-refractivity contribution is 7.14. The molecule has 0 unspecified atom stereocenters. The highest BCUT2D eigenvalue weighted by Gasteiger charge is 2.15. The average Bonchev–Trinajstić information content (AvgIpc) is 3.09. The minimum absolute atomic E-state index is 0.228. The third-order valence-electron chi connectivity index (χ3n) is 3.97. The van der Waals surface area contributed by atoms with Crippen molar-refractivity contribution < 1.29 is 13.6 Å². The summed E-state index contributed by atoms with van der Waals surface area (Å²) in [6.45, 7) is 0. The number of thiazole rings is 1. The smallest absolute Gasteiger partial charge is 0.260 e. The van der Waals surface area contributed by atoms with Gasteiger partial charge < -0.3 is 0 Å². The topological polar surface area (TPSA) is 42.0 Å². The van der Waals surface area contributed by atoms with Crippen LogP contribution in [0.2, 0.25) is 0 Å². The van der Waals surface area contributed by atoms with E-state index >= 15 is 0 Å². The van der Waals surface area contributed by atoms with Gasteiger partial charge in [-0.15, -0.1) is 11.3 Å². The zero-order valence-corrected chi connectivity index (χ0v) is 14.2. The summed E-state index contributed by atoms with van der Waals surface area (Å²) in [4.78, 5) is 16.6. The molecule has 0 saturated heterocycles. The number of carbonyl (C=O) groups excluding carboxylic acids is 1. The van der Waals surface area contributed by atoms with Crippen LogP contribution in [0.1, 0.15) is 10.4 Å². The van der Waals surface area contributed by atoms with Gasteiger partial charge in [0.05, 0.1) is 11.3 Å². The average molecular weight is 366 g/mol. The number of halogens is 2. The first-order valence-electron chi connectivity index (χ1n) is 7.82. The van der Waals surface area contributed by atoms with Gasteiger partial charge in [-0.25, -0.2) is 13.8 Å². The number of amides is 1. The molecular weight excluding hydrogens is 354 g/mol. The fourth-order valence-electron chi connectivity index (χ4n) is 2.74. The SMILES string of the molecule is O=C(Nc1nc(-c2cccc3ccccc23)cs1)c1ccc(F)cc1F. The van der Waals surface area contributed by atoms with Crippen LogP contribution in [0.15, 0.2) is 66.0 Å². The van der Waals surface area contributed by atoms with Gasteiger partial charge in [0.25, 0.3) is 5.91 Å². The summed E-state index contributed by atoms with van der Waals surface area (Å²) in [5, 5.41) is 6.90. The van der Waals surface area contributed by atoms with Crippen LogP contribution in [0.5, 0.6) is 0 Å². The Kier molecular flexibility index (Phi) is 4.18. The number of carbonyl (C=O) groups is 1. The van der Waals surface area contributed by atoms with Crippen molar-refractivity contribution in [3.63, 3.8) is 0 Å². The maximum absolute atomic E-state index is 13.7. The van der Waals surface area contributed by atoms with E-state index in [9.17, 15) is 13.6 Å². The number of anilines is 1. The molecule has 0 spiro atoms. The Balaban J connectivity index is 1.63. The van der Waals surface area contributed by atoms with Gasteiger partial charge in [-0.1, -0.05) is 42.5 Å². The molecule has 1 aromatic heterocycles. The van der Waals surface area contributed by atoms with Crippen molar-refractivity contribution in [2.24, 2.45) is 0 Å². The van der Waals surface area contributed by atoms with Crippen LogP contribution in [0.4, 0.5) is 13.9 Å². The van der Waals surface area contributed by atoms with Crippen molar-refractivity contribution in [2.45, 2.75) is 0 Å². The highest BCUT2D eigenvalue weighted by Crippen LogP contribution is 2.31. The van der Waals surface area contributed by atoms with E-state index in [2.05, 4.69) is 10.3 Å². The van der Waals surface area contributed by atoms with Crippen LogP contribution >= 0.6 is 11.3 Å². The second-order valence-corrected chi connectivity index (χ2v) is 6.50. The van der Waals surface area contributed by atoms with E-state index in [0.29, 0.717) is 11.2 Å². The monoisotopic (exact) mass is 366 g/mol. The molecule has 0 aliphatic carbocycles. The first-order valence-corrected chi connectivity index (χ1v) is 8.70. The summed E-state index contributed by atoms with van der Waals surface area (Å²) in [7, 11) is 0. The molecule has 0 aliphatic rings. The number of hydrogen-bond acceptors (Lipinski definition) is 3. The molecule has 0 atom stereocenters. The first-order chi connectivity index (χ1) is 12.6. The summed E-state index contributed by atoms with van der Waals surface area (Å²) < 4.78 is 26.7. The van der Waals surface area contributed by atoms with E-state index in [4.69, 9.17) is 0 Å². The van der Waals surface area contributed by atoms with Crippen LogP contribution in [0.25, 0.3) is 22.0 Å². The molecule has 0 aliphatic heterocycles. The Bertz CT molecular complexity index is 1120. The molecule has 1 N–H and O–H groups in total. The predicted molar refractivity (Wildman–Crippen MR) is 99.4 cm³/mol. The Hall–Kier alpha value is -3.12. The van der Waals surface area contributed by atoms with Gasteiger partial charge in [0.15, 0.2) is 5.13 Å². The van der Waals surface area contributed by atoms with E-state index in [1.54, 1.807) is 0 Å². The zero-order chi connectivity index (χ0) is 18.1. The van der Waals surface area contributed by atoms with Crippen molar-refractivity contribution in [2.75, 3.05) is 5.32 Å². The fourth-order valence-corrected chi connectivity index (χ4v) is 3.45. The van der Waals surface area contributed by atoms with Gasteiger partial charge in [-0.3, -0.25) is 10.1 Å². The van der Waals surface area contributed by atoms with Gasteiger partial charge in [-0.2, -0.15) is 0 Å². The summed E-state index contributed by atoms with van der Waals surface area (Å²) in [6.07, 6.45) is 0. The van der Waals surface area contributed by atoms with Gasteiger partial charge in [0, 0.05) is 17.0 Å². The first kappa shape index (κ1) is 16.4. The van der Waals surface area contributed by atoms with Crippen LogP contribution in [0.3, 0.4) is 0 Å². The van der Waals surface area contributed by atoms with Crippen LogP contribution in [-0.4, -0.2) is 10.9 Å². The van der Waals surface area contributed by atoms with Crippen molar-refractivity contribution in [3.8, 4) is 11.3 Å². The van der Waals surface area contributed by atoms with Crippen molar-refractivity contribution in [3.05, 3.63) is 83.2 Å². The van der Waals surface area contributed by atoms with Crippen LogP contribution in [-0.2, 0) is 0 Å². The zero-order valence-electron chi connectivity index (χ0n) is 13.4. The minimum Gasteiger partial charge on any atom is -0.298 e. The number of nitrogens with zero attached hydrogens (tertiary/aromatic N) is 1. The van der Waals surface area contributed by atoms with Crippen molar-refractivity contribution in [1.82, 2.24) is 4.98 Å². The van der Waals surface area contributed by atoms with Gasteiger partial charge >= 0.3 is 0 Å². The number of rotatable bonds is 3. The third-order valence-corrected chi connectivity index (χ3v) is 4.72. The van der Waals surface area contributed by atoms with Crippen LogP contribution < -0.4 is 5.32 Å². The minimum atomic E-state index is -0.909. The molecule has 4 aromatic rings. The van der Waals surface area contributed by atoms with E-state index in [-0.39, 0.29) is 5.56 Å². The molecule has 0 saturated carbocycles. The maximum Gasteiger partial charge on any atom is 0.260 e. The molecule has 26 heavy (non-hydrogen) atoms. The lowest BCUT2D eigenvalue weighted by atomic mass is 10.0. The molecule has 4 rings (SSSR count). The van der Waals surface area contributed by atoms with Crippen LogP contribution in [0, 0.1) is 11.6 Å². The summed E-state index contributed by atoms with van der Waals surface area (Å²) >= 11 is 1.25. The van der Waals surface area contributed by atoms with Crippen molar-refractivity contribution >= 4 is 33.1 Å². The van der Waals surface area contributed by atoms with E-state index in [1.165, 1.54) is 11.3 Å². The van der Waals surface area contributed by atoms with Crippen molar-refractivity contribution in [1.29, 1.82) is 0 Å². The van der Waals surface area contributed by atoms with E-state index < -0.39 is 17.5 Å². The molecule has 1 heterocycles. The fraction of sp³-hybridized carbons (Fsp3) is 0. The summed E-state index contributed by atoms with van der Waals surface area (Å²) in [6, 6.07) is 16.7. The molecule has 0 radical (unpaired) electrons. The molecule has 0 bridgehead atoms.